The molecule has 0 rings (SSSR count). The zero-order chi connectivity index (χ0) is 19.2. The first-order valence-corrected chi connectivity index (χ1v) is 11.4. The summed E-state index contributed by atoms with van der Waals surface area (Å²) in [5.74, 6) is 0. The van der Waals surface area contributed by atoms with Crippen LogP contribution in [0.3, 0.4) is 0 Å². The Hall–Kier alpha value is 0.0300. The highest BCUT2D eigenvalue weighted by Gasteiger charge is 1.95. The molecule has 0 amide bonds. The molecule has 3 N–H and O–H groups in total. The summed E-state index contributed by atoms with van der Waals surface area (Å²) in [6.45, 7) is 2.77. The molecular weight excluding hydrogens is 341 g/mol. The monoisotopic (exact) mass is 381 g/mol. The molecule has 0 radical (unpaired) electrons. The summed E-state index contributed by atoms with van der Waals surface area (Å²) in [7, 11) is -4.75. The molecule has 0 aliphatic heterocycles. The topological polar surface area (TPSA) is 119 Å². The van der Waals surface area contributed by atoms with Crippen LogP contribution in [-0.4, -0.2) is 24.9 Å². The number of nitrogens with two attached hydrogens (primary N) is 1. The van der Waals surface area contributed by atoms with Gasteiger partial charge in [0, 0.05) is 6.54 Å². The molecule has 0 aliphatic rings. The lowest BCUT2D eigenvalue weighted by molar-refractivity contribution is -0.341. The van der Waals surface area contributed by atoms with E-state index in [1.54, 1.807) is 0 Å². The third-order valence-electron chi connectivity index (χ3n) is 3.88. The molecule has 0 aromatic carbocycles. The van der Waals surface area contributed by atoms with Gasteiger partial charge in [-0.05, 0) is 6.42 Å². The van der Waals surface area contributed by atoms with Gasteiger partial charge in [0.15, 0.2) is 0 Å². The van der Waals surface area contributed by atoms with Gasteiger partial charge in [-0.3, -0.25) is 0 Å². The molecule has 0 aromatic rings. The van der Waals surface area contributed by atoms with Crippen molar-refractivity contribution in [2.75, 3.05) is 19.8 Å². The van der Waals surface area contributed by atoms with Gasteiger partial charge in [-0.2, -0.15) is 0 Å². The van der Waals surface area contributed by atoms with Crippen LogP contribution in [0.2, 0.25) is 0 Å². The molecule has 0 bridgehead atoms. The minimum absolute atomic E-state index is 0.0440. The van der Waals surface area contributed by atoms with Crippen molar-refractivity contribution in [3.05, 3.63) is 0 Å². The van der Waals surface area contributed by atoms with E-state index in [1.807, 2.05) is 0 Å². The summed E-state index contributed by atoms with van der Waals surface area (Å²) in [5.41, 5.74) is 4.78. The van der Waals surface area contributed by atoms with E-state index in [1.165, 1.54) is 70.6 Å². The minimum atomic E-state index is -4.75. The lowest BCUT2D eigenvalue weighted by Crippen LogP contribution is -2.16. The minimum Gasteiger partial charge on any atom is -0.790 e. The molecule has 0 unspecified atom stereocenters. The maximum absolute atomic E-state index is 10.2. The highest BCUT2D eigenvalue weighted by molar-refractivity contribution is 7.43. The third kappa shape index (κ3) is 32.2. The van der Waals surface area contributed by atoms with E-state index in [0.29, 0.717) is 13.0 Å². The Bertz CT molecular complexity index is 285. The van der Waals surface area contributed by atoms with Gasteiger partial charge in [0.25, 0.3) is 0 Å². The van der Waals surface area contributed by atoms with Crippen molar-refractivity contribution < 1.29 is 24.0 Å². The van der Waals surface area contributed by atoms with Crippen LogP contribution in [0, 0.1) is 0 Å². The maximum atomic E-state index is 10.2. The SMILES string of the molecule is CCCCCCCCCCCCCCCCOP(=O)([O-])[O-].NCCO. The quantitative estimate of drug-likeness (QED) is 0.295. The van der Waals surface area contributed by atoms with Crippen LogP contribution >= 0.6 is 7.82 Å². The van der Waals surface area contributed by atoms with Crippen LogP contribution < -0.4 is 15.5 Å². The van der Waals surface area contributed by atoms with Crippen molar-refractivity contribution in [1.29, 1.82) is 0 Å². The first-order valence-electron chi connectivity index (χ1n) is 9.95. The number of phosphoric acid groups is 1. The number of hydrogen-bond acceptors (Lipinski definition) is 6. The lowest BCUT2D eigenvalue weighted by Gasteiger charge is -2.28. The average molecular weight is 381 g/mol. The van der Waals surface area contributed by atoms with Crippen molar-refractivity contribution in [3.8, 4) is 0 Å². The molecule has 0 fully saturated rings. The predicted octanol–water partition coefficient (Wildman–Crippen LogP) is 3.25. The largest absolute Gasteiger partial charge is 0.790 e. The van der Waals surface area contributed by atoms with Gasteiger partial charge in [-0.15, -0.1) is 0 Å². The molecule has 6 nitrogen and oxygen atoms in total. The second kappa shape index (κ2) is 22.1. The second-order valence-electron chi connectivity index (χ2n) is 6.39. The molecule has 25 heavy (non-hydrogen) atoms. The Morgan fingerprint density at radius 3 is 1.40 bits per heavy atom. The van der Waals surface area contributed by atoms with Gasteiger partial charge in [-0.25, -0.2) is 0 Å². The Morgan fingerprint density at radius 1 is 0.800 bits per heavy atom. The fourth-order valence-electron chi connectivity index (χ4n) is 2.47. The maximum Gasteiger partial charge on any atom is 0.0596 e. The first-order chi connectivity index (χ1) is 12.0. The fraction of sp³-hybridized carbons (Fsp3) is 1.00. The standard InChI is InChI=1S/C16H35O4P.C2H7NO/c1-2-3-4-5-6-7-8-9-10-11-12-13-14-15-16-20-21(17,18)19;3-1-2-4/h2-16H2,1H3,(H2,17,18,19);4H,1-3H2/p-2. The summed E-state index contributed by atoms with van der Waals surface area (Å²) in [6.07, 6.45) is 17.4. The molecule has 7 heteroatoms. The van der Waals surface area contributed by atoms with E-state index in [2.05, 4.69) is 11.4 Å². The average Bonchev–Trinajstić information content (AvgIpc) is 2.57. The summed E-state index contributed by atoms with van der Waals surface area (Å²) in [6, 6.07) is 0. The molecule has 0 atom stereocenters. The summed E-state index contributed by atoms with van der Waals surface area (Å²) >= 11 is 0. The highest BCUT2D eigenvalue weighted by atomic mass is 31.2. The van der Waals surface area contributed by atoms with Crippen LogP contribution in [0.4, 0.5) is 0 Å². The molecule has 0 saturated heterocycles. The van der Waals surface area contributed by atoms with Crippen LogP contribution in [0.1, 0.15) is 96.8 Å². The van der Waals surface area contributed by atoms with E-state index in [-0.39, 0.29) is 13.2 Å². The number of rotatable bonds is 17. The first kappa shape index (κ1) is 27.3. The number of hydrogen-bond donors (Lipinski definition) is 2. The van der Waals surface area contributed by atoms with Gasteiger partial charge in [-0.1, -0.05) is 90.4 Å². The molecule has 154 valence electrons. The Kier molecular flexibility index (Phi) is 24.1. The number of unbranched alkanes of at least 4 members (excludes halogenated alkanes) is 13. The van der Waals surface area contributed by atoms with Gasteiger partial charge in [0.2, 0.25) is 0 Å². The molecular formula is C18H40NO5P-2. The summed E-state index contributed by atoms with van der Waals surface area (Å²) < 4.78 is 14.4. The summed E-state index contributed by atoms with van der Waals surface area (Å²) in [5, 5.41) is 7.75. The van der Waals surface area contributed by atoms with Crippen LogP contribution in [-0.2, 0) is 9.09 Å². The van der Waals surface area contributed by atoms with Crippen LogP contribution in [0.15, 0.2) is 0 Å². The van der Waals surface area contributed by atoms with Crippen molar-refractivity contribution in [1.82, 2.24) is 0 Å². The highest BCUT2D eigenvalue weighted by Crippen LogP contribution is 2.24. The zero-order valence-corrected chi connectivity index (χ0v) is 17.0. The van der Waals surface area contributed by atoms with Crippen molar-refractivity contribution in [3.63, 3.8) is 0 Å². The van der Waals surface area contributed by atoms with E-state index < -0.39 is 7.82 Å². The molecule has 0 heterocycles. The summed E-state index contributed by atoms with van der Waals surface area (Å²) in [4.78, 5) is 20.4. The normalized spacial score (nSPS) is 11.2. The second-order valence-corrected chi connectivity index (χ2v) is 7.54. The van der Waals surface area contributed by atoms with Crippen molar-refractivity contribution in [2.24, 2.45) is 5.73 Å². The molecule has 0 aromatic heterocycles. The van der Waals surface area contributed by atoms with Crippen LogP contribution in [0.5, 0.6) is 0 Å². The Balaban J connectivity index is 0. The Labute approximate surface area is 154 Å². The number of aliphatic hydroxyl groups excluding tert-OH is 1. The smallest absolute Gasteiger partial charge is 0.0596 e. The van der Waals surface area contributed by atoms with E-state index in [9.17, 15) is 14.4 Å². The van der Waals surface area contributed by atoms with E-state index >= 15 is 0 Å². The fourth-order valence-corrected chi connectivity index (χ4v) is 2.83. The number of aliphatic hydroxyl groups is 1. The van der Waals surface area contributed by atoms with Gasteiger partial charge in [0.1, 0.15) is 0 Å². The molecule has 0 aliphatic carbocycles. The van der Waals surface area contributed by atoms with E-state index in [4.69, 9.17) is 10.8 Å². The molecule has 0 saturated carbocycles. The Morgan fingerprint density at radius 2 is 1.12 bits per heavy atom. The lowest BCUT2D eigenvalue weighted by atomic mass is 10.0. The third-order valence-corrected chi connectivity index (χ3v) is 4.38. The van der Waals surface area contributed by atoms with Crippen molar-refractivity contribution in [2.45, 2.75) is 96.8 Å². The number of phosphoric ester groups is 1. The van der Waals surface area contributed by atoms with Crippen LogP contribution in [0.25, 0.3) is 0 Å². The van der Waals surface area contributed by atoms with Gasteiger partial charge in [0.05, 0.1) is 21.0 Å². The van der Waals surface area contributed by atoms with E-state index in [0.717, 1.165) is 12.8 Å². The predicted molar refractivity (Wildman–Crippen MR) is 100 cm³/mol. The van der Waals surface area contributed by atoms with Gasteiger partial charge >= 0.3 is 0 Å². The van der Waals surface area contributed by atoms with Gasteiger partial charge < -0.3 is 29.7 Å². The van der Waals surface area contributed by atoms with Crippen molar-refractivity contribution >= 4 is 7.82 Å². The molecule has 0 spiro atoms. The zero-order valence-electron chi connectivity index (χ0n) is 16.1.